The normalized spacial score (nSPS) is 5.47. The van der Waals surface area contributed by atoms with Gasteiger partial charge in [-0.05, 0) is 0 Å². The van der Waals surface area contributed by atoms with E-state index >= 15 is 0 Å². The van der Waals surface area contributed by atoms with Crippen LogP contribution in [0.1, 0.15) is 16.7 Å². The molecule has 0 aromatic rings. The summed E-state index contributed by atoms with van der Waals surface area (Å²) in [6, 6.07) is 0. The van der Waals surface area contributed by atoms with Gasteiger partial charge in [-0.25, -0.2) is 4.79 Å². The van der Waals surface area contributed by atoms with Gasteiger partial charge in [0.25, 0.3) is 11.9 Å². The number of hydrogen-bond acceptors (Lipinski definition) is 4. The fourth-order valence-corrected chi connectivity index (χ4v) is 0. The Morgan fingerprint density at radius 3 is 1.07 bits per heavy atom. The van der Waals surface area contributed by atoms with E-state index in [1.54, 1.807) is 0 Å². The van der Waals surface area contributed by atoms with Crippen LogP contribution >= 0.6 is 0 Å². The van der Waals surface area contributed by atoms with Gasteiger partial charge in [0.2, 0.25) is 0 Å². The molecule has 4 N–H and O–H groups in total. The zero-order chi connectivity index (χ0) is 11.4. The van der Waals surface area contributed by atoms with Crippen molar-refractivity contribution in [3.8, 4) is 0 Å². The molecule has 0 radical (unpaired) electrons. The first-order valence-corrected chi connectivity index (χ1v) is 2.86. The summed E-state index contributed by atoms with van der Waals surface area (Å²) >= 11 is 0. The summed E-state index contributed by atoms with van der Waals surface area (Å²) in [6.45, 7) is 2.17. The van der Waals surface area contributed by atoms with Crippen LogP contribution in [0.25, 0.3) is 0 Å². The van der Waals surface area contributed by atoms with Crippen molar-refractivity contribution in [1.82, 2.24) is 0 Å². The second kappa shape index (κ2) is 23.7. The number of carboxylic acid groups (broad SMARTS) is 3. The third-order valence-electron chi connectivity index (χ3n) is 0.123. The van der Waals surface area contributed by atoms with Crippen molar-refractivity contribution in [2.75, 3.05) is 0 Å². The first-order chi connectivity index (χ1) is 5.73. The maximum absolute atomic E-state index is 9.12. The van der Waals surface area contributed by atoms with Crippen molar-refractivity contribution in [1.29, 1.82) is 5.41 Å². The van der Waals surface area contributed by atoms with Gasteiger partial charge in [0, 0.05) is 13.8 Å². The standard InChI is InChI=1S/C2H3NO2.2C2H4O2.2Na.2H/c3-1-2(4)5;2*1-2(3)4;;;;/h1,3H,(H,4,5);2*1H3,(H,3,4);;;;/q;;;2*+1;2*-1. The molecule has 80 valence electrons. The van der Waals surface area contributed by atoms with Gasteiger partial charge in [-0.1, -0.05) is 0 Å². The first kappa shape index (κ1) is 29.4. The molecule has 0 spiro atoms. The molecule has 0 saturated carbocycles. The van der Waals surface area contributed by atoms with E-state index in [1.807, 2.05) is 0 Å². The van der Waals surface area contributed by atoms with Gasteiger partial charge in [0.05, 0.1) is 0 Å². The minimum absolute atomic E-state index is 0. The Hall–Kier alpha value is 0.0800. The third kappa shape index (κ3) is 475. The number of hydrogen-bond donors (Lipinski definition) is 4. The molecule has 15 heavy (non-hydrogen) atoms. The summed E-state index contributed by atoms with van der Waals surface area (Å²) in [5.41, 5.74) is 0. The zero-order valence-corrected chi connectivity index (χ0v) is 13.1. The maximum Gasteiger partial charge on any atom is 1.00 e. The number of carboxylic acids is 3. The Kier molecular flexibility index (Phi) is 46.5. The molecule has 0 aromatic carbocycles. The van der Waals surface area contributed by atoms with Crippen LogP contribution in [0.3, 0.4) is 0 Å². The summed E-state index contributed by atoms with van der Waals surface area (Å²) in [5, 5.41) is 28.2. The van der Waals surface area contributed by atoms with Gasteiger partial charge in [-0.3, -0.25) is 9.59 Å². The van der Waals surface area contributed by atoms with Gasteiger partial charge < -0.3 is 23.6 Å². The fraction of sp³-hybridized carbons (Fsp3) is 0.333. The van der Waals surface area contributed by atoms with Crippen molar-refractivity contribution < 1.29 is 91.7 Å². The molecule has 9 heteroatoms. The van der Waals surface area contributed by atoms with E-state index in [0.717, 1.165) is 13.8 Å². The molecule has 0 bridgehead atoms. The smallest absolute Gasteiger partial charge is 1.00 e. The number of rotatable bonds is 1. The van der Waals surface area contributed by atoms with E-state index in [4.69, 9.17) is 35.1 Å². The van der Waals surface area contributed by atoms with Crippen LogP contribution in [-0.2, 0) is 14.4 Å². The maximum atomic E-state index is 9.12. The predicted octanol–water partition coefficient (Wildman–Crippen LogP) is -5.86. The first-order valence-electron chi connectivity index (χ1n) is 2.86. The quantitative estimate of drug-likeness (QED) is 0.266. The minimum atomic E-state index is -1.20. The molecule has 0 atom stereocenters. The van der Waals surface area contributed by atoms with Crippen LogP contribution in [0, 0.1) is 5.41 Å². The third-order valence-corrected chi connectivity index (χ3v) is 0.123. The number of aliphatic carboxylic acids is 3. The Bertz CT molecular complexity index is 185. The van der Waals surface area contributed by atoms with Crippen molar-refractivity contribution in [3.05, 3.63) is 0 Å². The Labute approximate surface area is 134 Å². The Morgan fingerprint density at radius 2 is 1.07 bits per heavy atom. The molecule has 0 heterocycles. The number of nitrogens with one attached hydrogen (secondary N) is 1. The molecule has 0 aromatic heterocycles. The predicted molar refractivity (Wildman–Crippen MR) is 45.3 cm³/mol. The molecule has 0 amide bonds. The van der Waals surface area contributed by atoms with Crippen LogP contribution in [0.4, 0.5) is 0 Å². The van der Waals surface area contributed by atoms with Crippen molar-refractivity contribution in [3.63, 3.8) is 0 Å². The summed E-state index contributed by atoms with van der Waals surface area (Å²) in [5.74, 6) is -2.87. The molecule has 0 unspecified atom stereocenters. The van der Waals surface area contributed by atoms with E-state index < -0.39 is 17.9 Å². The summed E-state index contributed by atoms with van der Waals surface area (Å²) in [4.78, 5) is 27.1. The van der Waals surface area contributed by atoms with Crippen LogP contribution < -0.4 is 59.1 Å². The van der Waals surface area contributed by atoms with Gasteiger partial charge in [0.1, 0.15) is 6.21 Å². The molecule has 0 aliphatic rings. The van der Waals surface area contributed by atoms with Crippen LogP contribution in [-0.4, -0.2) is 39.4 Å². The van der Waals surface area contributed by atoms with Crippen LogP contribution in [0.5, 0.6) is 0 Å². The fourth-order valence-electron chi connectivity index (χ4n) is 0. The Balaban J connectivity index is -0.0000000159. The van der Waals surface area contributed by atoms with Gasteiger partial charge in [-0.15, -0.1) is 0 Å². The van der Waals surface area contributed by atoms with Gasteiger partial charge in [0.15, 0.2) is 0 Å². The minimum Gasteiger partial charge on any atom is -1.00 e. The molecular formula is C6H13NNa2O6. The molecular weight excluding hydrogens is 228 g/mol. The summed E-state index contributed by atoms with van der Waals surface area (Å²) in [7, 11) is 0. The topological polar surface area (TPSA) is 136 Å². The second-order valence-corrected chi connectivity index (χ2v) is 1.52. The molecule has 0 fully saturated rings. The Morgan fingerprint density at radius 1 is 1.00 bits per heavy atom. The van der Waals surface area contributed by atoms with Crippen molar-refractivity contribution in [2.24, 2.45) is 0 Å². The van der Waals surface area contributed by atoms with E-state index in [-0.39, 0.29) is 62.0 Å². The van der Waals surface area contributed by atoms with E-state index in [9.17, 15) is 0 Å². The molecule has 0 rings (SSSR count). The summed E-state index contributed by atoms with van der Waals surface area (Å²) in [6.07, 6.45) is 0.333. The van der Waals surface area contributed by atoms with E-state index in [2.05, 4.69) is 0 Å². The van der Waals surface area contributed by atoms with Crippen molar-refractivity contribution in [2.45, 2.75) is 13.8 Å². The van der Waals surface area contributed by atoms with Gasteiger partial charge >= 0.3 is 65.1 Å². The average Bonchev–Trinajstić information content (AvgIpc) is 1.84. The molecule has 7 nitrogen and oxygen atoms in total. The van der Waals surface area contributed by atoms with Gasteiger partial charge in [-0.2, -0.15) is 0 Å². The van der Waals surface area contributed by atoms with E-state index in [1.165, 1.54) is 0 Å². The van der Waals surface area contributed by atoms with Crippen LogP contribution in [0.15, 0.2) is 0 Å². The zero-order valence-electron chi connectivity index (χ0n) is 11.1. The number of carbonyl (C=O) groups is 3. The largest absolute Gasteiger partial charge is 1.00 e. The SMILES string of the molecule is CC(=O)O.CC(=O)O.N=CC(=O)O.[H-].[H-].[Na+].[Na+]. The molecule has 0 aliphatic carbocycles. The van der Waals surface area contributed by atoms with Crippen molar-refractivity contribution >= 4 is 24.1 Å². The average molecular weight is 241 g/mol. The second-order valence-electron chi connectivity index (χ2n) is 1.52. The monoisotopic (exact) mass is 241 g/mol. The summed E-state index contributed by atoms with van der Waals surface area (Å²) < 4.78 is 0. The molecule has 0 aliphatic heterocycles. The molecule has 0 saturated heterocycles. The van der Waals surface area contributed by atoms with Crippen LogP contribution in [0.2, 0.25) is 0 Å². The van der Waals surface area contributed by atoms with E-state index in [0.29, 0.717) is 6.21 Å².